The molecule has 1 atom stereocenters. The van der Waals surface area contributed by atoms with E-state index < -0.39 is 0 Å². The molecule has 0 aromatic heterocycles. The molecule has 2 saturated heterocycles. The Labute approximate surface area is 123 Å². The van der Waals surface area contributed by atoms with Gasteiger partial charge in [0.25, 0.3) is 0 Å². The van der Waals surface area contributed by atoms with Crippen LogP contribution in [-0.4, -0.2) is 79.5 Å². The van der Waals surface area contributed by atoms with Crippen LogP contribution in [0.5, 0.6) is 0 Å². The Balaban J connectivity index is 1.73. The van der Waals surface area contributed by atoms with Crippen molar-refractivity contribution in [3.63, 3.8) is 0 Å². The molecular formula is C15H30N4O. The first-order chi connectivity index (χ1) is 9.72. The number of likely N-dealkylation sites (tertiary alicyclic amines) is 1. The lowest BCUT2D eigenvalue weighted by molar-refractivity contribution is -0.131. The minimum absolute atomic E-state index is 0.150. The van der Waals surface area contributed by atoms with Crippen LogP contribution in [0.4, 0.5) is 0 Å². The average Bonchev–Trinajstić information content (AvgIpc) is 2.67. The number of carbonyl (C=O) groups excluding carboxylic acids is 1. The first-order valence-corrected chi connectivity index (χ1v) is 8.14. The summed E-state index contributed by atoms with van der Waals surface area (Å²) in [5, 5.41) is 0. The minimum Gasteiger partial charge on any atom is -0.344 e. The molecule has 2 fully saturated rings. The zero-order valence-corrected chi connectivity index (χ0v) is 12.9. The molecule has 0 spiro atoms. The van der Waals surface area contributed by atoms with E-state index in [4.69, 9.17) is 5.73 Å². The molecule has 2 aliphatic rings. The summed E-state index contributed by atoms with van der Waals surface area (Å²) in [6.45, 7) is 7.32. The second-order valence-corrected chi connectivity index (χ2v) is 6.14. The summed E-state index contributed by atoms with van der Waals surface area (Å²) in [7, 11) is 1.92. The lowest BCUT2D eigenvalue weighted by Gasteiger charge is -2.26. The SMILES string of the molecule is CN1CCC(N2CCCN(CCCCCN)CC2)C1=O. The summed E-state index contributed by atoms with van der Waals surface area (Å²) in [5.41, 5.74) is 5.53. The van der Waals surface area contributed by atoms with Crippen molar-refractivity contribution in [1.82, 2.24) is 14.7 Å². The highest BCUT2D eigenvalue weighted by Crippen LogP contribution is 2.18. The predicted octanol–water partition coefficient (Wildman–Crippen LogP) is 0.354. The number of rotatable bonds is 6. The van der Waals surface area contributed by atoms with E-state index in [1.165, 1.54) is 32.4 Å². The number of carbonyl (C=O) groups is 1. The third kappa shape index (κ3) is 4.17. The van der Waals surface area contributed by atoms with Crippen molar-refractivity contribution >= 4 is 5.91 Å². The molecule has 5 heteroatoms. The van der Waals surface area contributed by atoms with Gasteiger partial charge in [-0.05, 0) is 45.3 Å². The molecule has 1 amide bonds. The van der Waals surface area contributed by atoms with Crippen molar-refractivity contribution in [2.75, 3.05) is 52.9 Å². The zero-order chi connectivity index (χ0) is 14.4. The first-order valence-electron chi connectivity index (χ1n) is 8.14. The van der Waals surface area contributed by atoms with Gasteiger partial charge in [0.15, 0.2) is 0 Å². The van der Waals surface area contributed by atoms with Crippen molar-refractivity contribution in [2.24, 2.45) is 5.73 Å². The maximum atomic E-state index is 12.1. The molecule has 2 aliphatic heterocycles. The Hall–Kier alpha value is -0.650. The third-order valence-electron chi connectivity index (χ3n) is 4.64. The summed E-state index contributed by atoms with van der Waals surface area (Å²) in [5.74, 6) is 0.321. The van der Waals surface area contributed by atoms with E-state index in [0.717, 1.165) is 45.6 Å². The summed E-state index contributed by atoms with van der Waals surface area (Å²) in [6.07, 6.45) is 5.82. The molecule has 2 rings (SSSR count). The summed E-state index contributed by atoms with van der Waals surface area (Å²) in [4.78, 5) is 18.9. The van der Waals surface area contributed by atoms with E-state index in [0.29, 0.717) is 5.91 Å². The van der Waals surface area contributed by atoms with E-state index in [9.17, 15) is 4.79 Å². The van der Waals surface area contributed by atoms with Crippen molar-refractivity contribution < 1.29 is 4.79 Å². The van der Waals surface area contributed by atoms with Crippen LogP contribution >= 0.6 is 0 Å². The van der Waals surface area contributed by atoms with E-state index in [1.54, 1.807) is 0 Å². The number of amides is 1. The van der Waals surface area contributed by atoms with E-state index in [-0.39, 0.29) is 6.04 Å². The molecule has 0 aliphatic carbocycles. The fourth-order valence-corrected chi connectivity index (χ4v) is 3.33. The van der Waals surface area contributed by atoms with Gasteiger partial charge in [0.1, 0.15) is 0 Å². The van der Waals surface area contributed by atoms with Crippen LogP contribution in [0.15, 0.2) is 0 Å². The fourth-order valence-electron chi connectivity index (χ4n) is 3.33. The van der Waals surface area contributed by atoms with E-state index in [2.05, 4.69) is 9.80 Å². The third-order valence-corrected chi connectivity index (χ3v) is 4.64. The summed E-state index contributed by atoms with van der Waals surface area (Å²) < 4.78 is 0. The largest absolute Gasteiger partial charge is 0.344 e. The molecule has 20 heavy (non-hydrogen) atoms. The van der Waals surface area contributed by atoms with Crippen LogP contribution < -0.4 is 5.73 Å². The van der Waals surface area contributed by atoms with Gasteiger partial charge in [-0.2, -0.15) is 0 Å². The molecule has 2 N–H and O–H groups in total. The van der Waals surface area contributed by atoms with Crippen LogP contribution in [0.3, 0.4) is 0 Å². The highest BCUT2D eigenvalue weighted by atomic mass is 16.2. The second-order valence-electron chi connectivity index (χ2n) is 6.14. The van der Waals surface area contributed by atoms with Crippen LogP contribution in [0.1, 0.15) is 32.1 Å². The van der Waals surface area contributed by atoms with Crippen molar-refractivity contribution in [2.45, 2.75) is 38.1 Å². The Bertz CT molecular complexity index is 310. The van der Waals surface area contributed by atoms with Gasteiger partial charge in [0, 0.05) is 33.2 Å². The number of unbranched alkanes of at least 4 members (excludes halogenated alkanes) is 2. The molecule has 0 saturated carbocycles. The van der Waals surface area contributed by atoms with Crippen LogP contribution in [-0.2, 0) is 4.79 Å². The smallest absolute Gasteiger partial charge is 0.239 e. The number of nitrogens with zero attached hydrogens (tertiary/aromatic N) is 3. The van der Waals surface area contributed by atoms with E-state index in [1.807, 2.05) is 11.9 Å². The van der Waals surface area contributed by atoms with Gasteiger partial charge >= 0.3 is 0 Å². The van der Waals surface area contributed by atoms with Gasteiger partial charge in [-0.1, -0.05) is 6.42 Å². The molecule has 1 unspecified atom stereocenters. The monoisotopic (exact) mass is 282 g/mol. The minimum atomic E-state index is 0.150. The first kappa shape index (κ1) is 15.7. The number of hydrogen-bond donors (Lipinski definition) is 1. The van der Waals surface area contributed by atoms with Gasteiger partial charge in [-0.25, -0.2) is 0 Å². The van der Waals surface area contributed by atoms with Gasteiger partial charge in [-0.3, -0.25) is 9.69 Å². The van der Waals surface area contributed by atoms with Crippen molar-refractivity contribution in [1.29, 1.82) is 0 Å². The van der Waals surface area contributed by atoms with Gasteiger partial charge < -0.3 is 15.5 Å². The molecule has 2 heterocycles. The average molecular weight is 282 g/mol. The van der Waals surface area contributed by atoms with Gasteiger partial charge in [0.2, 0.25) is 5.91 Å². The molecule has 5 nitrogen and oxygen atoms in total. The predicted molar refractivity (Wildman–Crippen MR) is 81.6 cm³/mol. The maximum absolute atomic E-state index is 12.1. The molecule has 116 valence electrons. The number of hydrogen-bond acceptors (Lipinski definition) is 4. The second kappa shape index (κ2) is 7.96. The normalized spacial score (nSPS) is 26.2. The molecule has 0 bridgehead atoms. The highest BCUT2D eigenvalue weighted by molar-refractivity contribution is 5.83. The molecule has 0 radical (unpaired) electrons. The Morgan fingerprint density at radius 3 is 2.65 bits per heavy atom. The van der Waals surface area contributed by atoms with Crippen molar-refractivity contribution in [3.05, 3.63) is 0 Å². The maximum Gasteiger partial charge on any atom is 0.239 e. The van der Waals surface area contributed by atoms with Crippen LogP contribution in [0.2, 0.25) is 0 Å². The highest BCUT2D eigenvalue weighted by Gasteiger charge is 2.34. The Morgan fingerprint density at radius 1 is 1.10 bits per heavy atom. The summed E-state index contributed by atoms with van der Waals surface area (Å²) in [6, 6.07) is 0.150. The molecule has 0 aromatic rings. The standard InChI is InChI=1S/C15H30N4O/c1-17-11-6-14(15(17)20)19-10-5-9-18(12-13-19)8-4-2-3-7-16/h14H,2-13,16H2,1H3. The van der Waals surface area contributed by atoms with Crippen LogP contribution in [0.25, 0.3) is 0 Å². The molecular weight excluding hydrogens is 252 g/mol. The van der Waals surface area contributed by atoms with Crippen LogP contribution in [0, 0.1) is 0 Å². The number of likely N-dealkylation sites (N-methyl/N-ethyl adjacent to an activating group) is 1. The Kier molecular flexibility index (Phi) is 6.26. The number of nitrogens with two attached hydrogens (primary N) is 1. The topological polar surface area (TPSA) is 52.8 Å². The lowest BCUT2D eigenvalue weighted by atomic mass is 10.2. The van der Waals surface area contributed by atoms with Gasteiger partial charge in [-0.15, -0.1) is 0 Å². The van der Waals surface area contributed by atoms with E-state index >= 15 is 0 Å². The Morgan fingerprint density at radius 2 is 1.95 bits per heavy atom. The zero-order valence-electron chi connectivity index (χ0n) is 12.9. The van der Waals surface area contributed by atoms with Gasteiger partial charge in [0.05, 0.1) is 6.04 Å². The lowest BCUT2D eigenvalue weighted by Crippen LogP contribution is -2.43. The summed E-state index contributed by atoms with van der Waals surface area (Å²) >= 11 is 0. The molecule has 0 aromatic carbocycles. The quantitative estimate of drug-likeness (QED) is 0.715. The van der Waals surface area contributed by atoms with Crippen molar-refractivity contribution in [3.8, 4) is 0 Å². The fraction of sp³-hybridized carbons (Fsp3) is 0.933.